The van der Waals surface area contributed by atoms with Crippen molar-refractivity contribution in [3.05, 3.63) is 54.1 Å². The highest BCUT2D eigenvalue weighted by Crippen LogP contribution is 2.32. The standard InChI is InChI=1S/C14H16.2C2H6/c1-11-7-6-10-14(12(11)2)13-8-4-3-5-9-13;2*1-2/h3-12H,1-2H3;2*1-2H3. The zero-order valence-electron chi connectivity index (χ0n) is 12.8. The van der Waals surface area contributed by atoms with Gasteiger partial charge in [-0.05, 0) is 23.0 Å². The van der Waals surface area contributed by atoms with Crippen LogP contribution in [-0.4, -0.2) is 0 Å². The van der Waals surface area contributed by atoms with E-state index in [0.717, 1.165) is 0 Å². The van der Waals surface area contributed by atoms with E-state index >= 15 is 0 Å². The minimum absolute atomic E-state index is 0.627. The maximum atomic E-state index is 2.30. The summed E-state index contributed by atoms with van der Waals surface area (Å²) in [5.74, 6) is 1.28. The molecule has 0 saturated heterocycles. The summed E-state index contributed by atoms with van der Waals surface area (Å²) in [4.78, 5) is 0. The Balaban J connectivity index is 0.000000659. The maximum absolute atomic E-state index is 2.30. The average molecular weight is 244 g/mol. The first-order valence-corrected chi connectivity index (χ1v) is 7.23. The Morgan fingerprint density at radius 3 is 1.94 bits per heavy atom. The summed E-state index contributed by atoms with van der Waals surface area (Å²) in [5, 5.41) is 0. The molecule has 1 aromatic rings. The van der Waals surface area contributed by atoms with E-state index in [0.29, 0.717) is 11.8 Å². The first-order chi connectivity index (χ1) is 8.79. The largest absolute Gasteiger partial charge is 0.0811 e. The molecule has 18 heavy (non-hydrogen) atoms. The fourth-order valence-corrected chi connectivity index (χ4v) is 1.93. The normalized spacial score (nSPS) is 20.9. The maximum Gasteiger partial charge on any atom is -0.0124 e. The van der Waals surface area contributed by atoms with Crippen molar-refractivity contribution in [3.8, 4) is 0 Å². The van der Waals surface area contributed by atoms with Gasteiger partial charge in [0.1, 0.15) is 0 Å². The summed E-state index contributed by atoms with van der Waals surface area (Å²) in [7, 11) is 0. The van der Waals surface area contributed by atoms with Crippen molar-refractivity contribution in [2.75, 3.05) is 0 Å². The fourth-order valence-electron chi connectivity index (χ4n) is 1.93. The van der Waals surface area contributed by atoms with Crippen LogP contribution in [0.1, 0.15) is 47.1 Å². The molecule has 0 bridgehead atoms. The summed E-state index contributed by atoms with van der Waals surface area (Å²) in [6.45, 7) is 12.6. The van der Waals surface area contributed by atoms with E-state index in [4.69, 9.17) is 0 Å². The lowest BCUT2D eigenvalue weighted by Gasteiger charge is -2.23. The second kappa shape index (κ2) is 9.70. The third kappa shape index (κ3) is 4.52. The molecule has 0 radical (unpaired) electrons. The molecule has 1 aromatic carbocycles. The molecule has 0 nitrogen and oxygen atoms in total. The topological polar surface area (TPSA) is 0 Å². The molecular formula is C18H28. The van der Waals surface area contributed by atoms with Gasteiger partial charge in [0.2, 0.25) is 0 Å². The van der Waals surface area contributed by atoms with Gasteiger partial charge in [-0.15, -0.1) is 0 Å². The van der Waals surface area contributed by atoms with Gasteiger partial charge in [0.15, 0.2) is 0 Å². The van der Waals surface area contributed by atoms with Crippen LogP contribution in [-0.2, 0) is 0 Å². The van der Waals surface area contributed by atoms with Crippen molar-refractivity contribution in [1.29, 1.82) is 0 Å². The van der Waals surface area contributed by atoms with Crippen LogP contribution in [0.25, 0.3) is 5.57 Å². The fraction of sp³-hybridized carbons (Fsp3) is 0.444. The molecule has 0 heteroatoms. The first kappa shape index (κ1) is 16.7. The molecule has 0 saturated carbocycles. The van der Waals surface area contributed by atoms with Crippen molar-refractivity contribution in [2.45, 2.75) is 41.5 Å². The Morgan fingerprint density at radius 1 is 0.833 bits per heavy atom. The van der Waals surface area contributed by atoms with E-state index < -0.39 is 0 Å². The molecule has 0 heterocycles. The third-order valence-electron chi connectivity index (χ3n) is 3.08. The van der Waals surface area contributed by atoms with Crippen LogP contribution < -0.4 is 0 Å². The molecule has 0 aromatic heterocycles. The molecule has 0 aliphatic heterocycles. The van der Waals surface area contributed by atoms with Gasteiger partial charge in [-0.3, -0.25) is 0 Å². The van der Waals surface area contributed by atoms with Gasteiger partial charge in [0, 0.05) is 0 Å². The predicted molar refractivity (Wildman–Crippen MR) is 84.6 cm³/mol. The minimum Gasteiger partial charge on any atom is -0.0811 e. The van der Waals surface area contributed by atoms with Crippen LogP contribution in [0.5, 0.6) is 0 Å². The van der Waals surface area contributed by atoms with E-state index in [9.17, 15) is 0 Å². The third-order valence-corrected chi connectivity index (χ3v) is 3.08. The zero-order valence-corrected chi connectivity index (χ0v) is 12.8. The average Bonchev–Trinajstić information content (AvgIpc) is 2.47. The molecule has 1 aliphatic carbocycles. The van der Waals surface area contributed by atoms with Gasteiger partial charge in [-0.1, -0.05) is 90.1 Å². The Bertz CT molecular complexity index is 357. The molecular weight excluding hydrogens is 216 g/mol. The molecule has 1 aliphatic rings. The Morgan fingerprint density at radius 2 is 1.39 bits per heavy atom. The van der Waals surface area contributed by atoms with Crippen LogP contribution in [0.3, 0.4) is 0 Å². The van der Waals surface area contributed by atoms with E-state index in [1.807, 2.05) is 27.7 Å². The molecule has 0 spiro atoms. The highest BCUT2D eigenvalue weighted by Gasteiger charge is 2.17. The van der Waals surface area contributed by atoms with Crippen molar-refractivity contribution in [2.24, 2.45) is 11.8 Å². The Hall–Kier alpha value is -1.30. The van der Waals surface area contributed by atoms with Crippen LogP contribution in [0.2, 0.25) is 0 Å². The highest BCUT2D eigenvalue weighted by molar-refractivity contribution is 5.70. The van der Waals surface area contributed by atoms with Crippen molar-refractivity contribution in [3.63, 3.8) is 0 Å². The van der Waals surface area contributed by atoms with E-state index in [2.05, 4.69) is 62.4 Å². The zero-order chi connectivity index (χ0) is 14.0. The summed E-state index contributed by atoms with van der Waals surface area (Å²) in [6, 6.07) is 10.6. The smallest absolute Gasteiger partial charge is 0.0124 e. The summed E-state index contributed by atoms with van der Waals surface area (Å²) in [6.07, 6.45) is 6.68. The highest BCUT2D eigenvalue weighted by atomic mass is 14.2. The van der Waals surface area contributed by atoms with E-state index in [-0.39, 0.29) is 0 Å². The van der Waals surface area contributed by atoms with E-state index in [1.54, 1.807) is 0 Å². The quantitative estimate of drug-likeness (QED) is 0.571. The SMILES string of the molecule is CC.CC.CC1C=CC=C(c2ccccc2)C1C. The number of hydrogen-bond donors (Lipinski definition) is 0. The Labute approximate surface area is 113 Å². The molecule has 2 atom stereocenters. The number of benzene rings is 1. The first-order valence-electron chi connectivity index (χ1n) is 7.23. The second-order valence-electron chi connectivity index (χ2n) is 4.02. The molecule has 0 N–H and O–H groups in total. The van der Waals surface area contributed by atoms with Gasteiger partial charge in [0.05, 0.1) is 0 Å². The Kier molecular flexibility index (Phi) is 9.00. The second-order valence-corrected chi connectivity index (χ2v) is 4.02. The molecule has 2 rings (SSSR count). The van der Waals surface area contributed by atoms with Gasteiger partial charge >= 0.3 is 0 Å². The van der Waals surface area contributed by atoms with Crippen molar-refractivity contribution >= 4 is 5.57 Å². The van der Waals surface area contributed by atoms with Crippen LogP contribution in [0, 0.1) is 11.8 Å². The summed E-state index contributed by atoms with van der Waals surface area (Å²) >= 11 is 0. The monoisotopic (exact) mass is 244 g/mol. The molecule has 0 amide bonds. The number of allylic oxidation sites excluding steroid dienone is 4. The minimum atomic E-state index is 0.627. The van der Waals surface area contributed by atoms with Crippen LogP contribution >= 0.6 is 0 Å². The molecule has 100 valence electrons. The summed E-state index contributed by atoms with van der Waals surface area (Å²) < 4.78 is 0. The summed E-state index contributed by atoms with van der Waals surface area (Å²) in [5.41, 5.74) is 2.82. The molecule has 2 unspecified atom stereocenters. The van der Waals surface area contributed by atoms with Gasteiger partial charge in [0.25, 0.3) is 0 Å². The number of hydrogen-bond acceptors (Lipinski definition) is 0. The van der Waals surface area contributed by atoms with Gasteiger partial charge in [-0.2, -0.15) is 0 Å². The van der Waals surface area contributed by atoms with Gasteiger partial charge in [-0.25, -0.2) is 0 Å². The lowest BCUT2D eigenvalue weighted by Crippen LogP contribution is -2.10. The predicted octanol–water partition coefficient (Wildman–Crippen LogP) is 5.96. The van der Waals surface area contributed by atoms with Crippen molar-refractivity contribution < 1.29 is 0 Å². The van der Waals surface area contributed by atoms with Crippen molar-refractivity contribution in [1.82, 2.24) is 0 Å². The van der Waals surface area contributed by atoms with Gasteiger partial charge < -0.3 is 0 Å². The lowest BCUT2D eigenvalue weighted by atomic mass is 9.81. The molecule has 0 fully saturated rings. The van der Waals surface area contributed by atoms with Crippen LogP contribution in [0.4, 0.5) is 0 Å². The lowest BCUT2D eigenvalue weighted by molar-refractivity contribution is 0.568. The van der Waals surface area contributed by atoms with E-state index in [1.165, 1.54) is 11.1 Å². The number of rotatable bonds is 1. The van der Waals surface area contributed by atoms with Crippen LogP contribution in [0.15, 0.2) is 48.6 Å².